The van der Waals surface area contributed by atoms with Crippen molar-refractivity contribution in [1.29, 1.82) is 0 Å². The molecule has 140 valence electrons. The maximum Gasteiger partial charge on any atom is 0.246 e. The molecule has 0 bridgehead atoms. The average molecular weight is 436 g/mol. The second-order valence-electron chi connectivity index (χ2n) is 6.06. The molecule has 2 aromatic carbocycles. The smallest absolute Gasteiger partial charge is 0.246 e. The summed E-state index contributed by atoms with van der Waals surface area (Å²) >= 11 is 3.52. The molecule has 1 aromatic heterocycles. The monoisotopic (exact) mass is 435 g/mol. The number of halogens is 3. The van der Waals surface area contributed by atoms with Crippen LogP contribution in [-0.2, 0) is 4.74 Å². The fraction of sp³-hybridized carbons (Fsp3) is 0.222. The van der Waals surface area contributed by atoms with Crippen molar-refractivity contribution in [3.8, 4) is 5.69 Å². The molecule has 0 unspecified atom stereocenters. The minimum atomic E-state index is -0.669. The highest BCUT2D eigenvalue weighted by Crippen LogP contribution is 2.28. The molecule has 0 aliphatic carbocycles. The van der Waals surface area contributed by atoms with Gasteiger partial charge in [-0.05, 0) is 30.3 Å². The molecular weight excluding hydrogens is 420 g/mol. The molecule has 1 fully saturated rings. The maximum absolute atomic E-state index is 13.4. The van der Waals surface area contributed by atoms with E-state index in [9.17, 15) is 8.78 Å². The van der Waals surface area contributed by atoms with E-state index in [2.05, 4.69) is 36.2 Å². The zero-order valence-electron chi connectivity index (χ0n) is 14.2. The second kappa shape index (κ2) is 7.61. The Morgan fingerprint density at radius 3 is 2.44 bits per heavy atom. The zero-order valence-corrected chi connectivity index (χ0v) is 15.8. The largest absolute Gasteiger partial charge is 0.378 e. The molecule has 9 heteroatoms. The van der Waals surface area contributed by atoms with Crippen molar-refractivity contribution in [2.45, 2.75) is 0 Å². The molecule has 2 heterocycles. The van der Waals surface area contributed by atoms with E-state index in [1.165, 1.54) is 23.1 Å². The van der Waals surface area contributed by atoms with Crippen LogP contribution in [0.2, 0.25) is 0 Å². The maximum atomic E-state index is 13.4. The van der Waals surface area contributed by atoms with Crippen molar-refractivity contribution < 1.29 is 13.5 Å². The van der Waals surface area contributed by atoms with Gasteiger partial charge in [-0.25, -0.2) is 13.5 Å². The third-order valence-corrected chi connectivity index (χ3v) is 4.58. The normalized spacial score (nSPS) is 14.4. The lowest BCUT2D eigenvalue weighted by atomic mass is 10.2. The molecule has 1 aliphatic heterocycles. The first-order chi connectivity index (χ1) is 13.1. The summed E-state index contributed by atoms with van der Waals surface area (Å²) in [5.41, 5.74) is 2.12. The van der Waals surface area contributed by atoms with Crippen LogP contribution in [0.5, 0.6) is 0 Å². The molecule has 1 saturated heterocycles. The molecule has 6 nitrogen and oxygen atoms in total. The van der Waals surface area contributed by atoms with Crippen LogP contribution in [0, 0.1) is 11.6 Å². The van der Waals surface area contributed by atoms with E-state index < -0.39 is 11.6 Å². The van der Waals surface area contributed by atoms with E-state index in [-0.39, 0.29) is 5.69 Å². The van der Waals surface area contributed by atoms with Crippen LogP contribution in [0.4, 0.5) is 26.1 Å². The summed E-state index contributed by atoms with van der Waals surface area (Å²) in [5, 5.41) is 7.37. The van der Waals surface area contributed by atoms with Crippen molar-refractivity contribution in [2.24, 2.45) is 0 Å². The molecule has 1 aliphatic rings. The summed E-state index contributed by atoms with van der Waals surface area (Å²) in [7, 11) is 0. The van der Waals surface area contributed by atoms with Gasteiger partial charge in [0.05, 0.1) is 18.9 Å². The van der Waals surface area contributed by atoms with Crippen LogP contribution >= 0.6 is 15.9 Å². The Labute approximate surface area is 162 Å². The molecule has 1 N–H and O–H groups in total. The number of rotatable bonds is 4. The van der Waals surface area contributed by atoms with E-state index >= 15 is 0 Å². The van der Waals surface area contributed by atoms with Gasteiger partial charge in [0.15, 0.2) is 0 Å². The third-order valence-electron chi connectivity index (χ3n) is 4.12. The van der Waals surface area contributed by atoms with Crippen molar-refractivity contribution in [1.82, 2.24) is 14.8 Å². The number of aromatic nitrogens is 3. The van der Waals surface area contributed by atoms with Crippen molar-refractivity contribution in [3.63, 3.8) is 0 Å². The molecule has 27 heavy (non-hydrogen) atoms. The van der Waals surface area contributed by atoms with Crippen molar-refractivity contribution in [3.05, 3.63) is 58.8 Å². The molecule has 0 saturated carbocycles. The van der Waals surface area contributed by atoms with Crippen LogP contribution in [0.3, 0.4) is 0 Å². The summed E-state index contributed by atoms with van der Waals surface area (Å²) < 4.78 is 34.4. The highest BCUT2D eigenvalue weighted by Gasteiger charge is 2.13. The average Bonchev–Trinajstić information content (AvgIpc) is 3.10. The Morgan fingerprint density at radius 1 is 0.963 bits per heavy atom. The van der Waals surface area contributed by atoms with E-state index in [4.69, 9.17) is 4.74 Å². The fourth-order valence-corrected chi connectivity index (χ4v) is 3.38. The number of hydrogen-bond acceptors (Lipinski definition) is 5. The summed E-state index contributed by atoms with van der Waals surface area (Å²) in [6, 6.07) is 9.14. The zero-order chi connectivity index (χ0) is 18.8. The quantitative estimate of drug-likeness (QED) is 0.673. The molecule has 0 amide bonds. The minimum Gasteiger partial charge on any atom is -0.378 e. The van der Waals surface area contributed by atoms with Gasteiger partial charge in [0.1, 0.15) is 18.0 Å². The predicted octanol–water partition coefficient (Wildman–Crippen LogP) is 3.89. The number of hydrogen-bond donors (Lipinski definition) is 1. The van der Waals surface area contributed by atoms with Crippen LogP contribution in [0.1, 0.15) is 0 Å². The van der Waals surface area contributed by atoms with E-state index in [1.807, 2.05) is 18.2 Å². The number of nitrogens with zero attached hydrogens (tertiary/aromatic N) is 4. The van der Waals surface area contributed by atoms with Gasteiger partial charge in [-0.3, -0.25) is 0 Å². The van der Waals surface area contributed by atoms with Gasteiger partial charge < -0.3 is 15.0 Å². The van der Waals surface area contributed by atoms with Gasteiger partial charge in [0.25, 0.3) is 0 Å². The molecule has 4 rings (SSSR count). The summed E-state index contributed by atoms with van der Waals surface area (Å²) in [6.45, 7) is 3.05. The SMILES string of the molecule is Fc1cc(F)cc(-n2cnc(Nc3cc(Br)cc(N4CCOCC4)c3)n2)c1. The number of ether oxygens (including phenoxy) is 1. The third kappa shape index (κ3) is 4.25. The van der Waals surface area contributed by atoms with Gasteiger partial charge in [0.2, 0.25) is 5.95 Å². The Kier molecular flexibility index (Phi) is 5.04. The summed E-state index contributed by atoms with van der Waals surface area (Å²) in [5.74, 6) is -1.01. The lowest BCUT2D eigenvalue weighted by molar-refractivity contribution is 0.122. The molecule has 0 atom stereocenters. The number of anilines is 3. The standard InChI is InChI=1S/C18H16BrF2N5O/c19-12-5-15(10-16(6-12)25-1-3-27-4-2-25)23-18-22-11-26(24-18)17-8-13(20)7-14(21)9-17/h5-11H,1-4H2,(H,23,24). The molecule has 0 spiro atoms. The Morgan fingerprint density at radius 2 is 1.70 bits per heavy atom. The first-order valence-corrected chi connectivity index (χ1v) is 9.14. The number of morpholine rings is 1. The molecule has 3 aromatic rings. The predicted molar refractivity (Wildman–Crippen MR) is 102 cm³/mol. The molecule has 0 radical (unpaired) electrons. The van der Waals surface area contributed by atoms with Crippen LogP contribution < -0.4 is 10.2 Å². The van der Waals surface area contributed by atoms with Crippen LogP contribution in [-0.4, -0.2) is 41.1 Å². The van der Waals surface area contributed by atoms with Crippen LogP contribution in [0.25, 0.3) is 5.69 Å². The lowest BCUT2D eigenvalue weighted by Gasteiger charge is -2.29. The molecular formula is C18H16BrF2N5O. The van der Waals surface area contributed by atoms with E-state index in [0.29, 0.717) is 19.2 Å². The first-order valence-electron chi connectivity index (χ1n) is 8.35. The van der Waals surface area contributed by atoms with Gasteiger partial charge in [-0.2, -0.15) is 4.98 Å². The summed E-state index contributed by atoms with van der Waals surface area (Å²) in [4.78, 5) is 6.40. The van der Waals surface area contributed by atoms with Crippen LogP contribution in [0.15, 0.2) is 47.2 Å². The minimum absolute atomic E-state index is 0.260. The van der Waals surface area contributed by atoms with E-state index in [0.717, 1.165) is 35.0 Å². The van der Waals surface area contributed by atoms with Gasteiger partial charge in [0, 0.05) is 35.0 Å². The fourth-order valence-electron chi connectivity index (χ4n) is 2.90. The highest BCUT2D eigenvalue weighted by atomic mass is 79.9. The second-order valence-corrected chi connectivity index (χ2v) is 6.98. The summed E-state index contributed by atoms with van der Waals surface area (Å²) in [6.07, 6.45) is 1.40. The van der Waals surface area contributed by atoms with Crippen molar-refractivity contribution >= 4 is 33.3 Å². The topological polar surface area (TPSA) is 55.2 Å². The first kappa shape index (κ1) is 17.9. The van der Waals surface area contributed by atoms with E-state index in [1.54, 1.807) is 0 Å². The van der Waals surface area contributed by atoms with Crippen molar-refractivity contribution in [2.75, 3.05) is 36.5 Å². The van der Waals surface area contributed by atoms with Gasteiger partial charge in [-0.1, -0.05) is 15.9 Å². The number of nitrogens with one attached hydrogen (secondary N) is 1. The Balaban J connectivity index is 1.56. The highest BCUT2D eigenvalue weighted by molar-refractivity contribution is 9.10. The lowest BCUT2D eigenvalue weighted by Crippen LogP contribution is -2.36. The van der Waals surface area contributed by atoms with Gasteiger partial charge >= 0.3 is 0 Å². The van der Waals surface area contributed by atoms with Gasteiger partial charge in [-0.15, -0.1) is 5.10 Å². The Hall–Kier alpha value is -2.52. The Bertz CT molecular complexity index is 938. The number of benzene rings is 2.